The molecule has 0 fully saturated rings. The first-order valence-corrected chi connectivity index (χ1v) is 8.58. The van der Waals surface area contributed by atoms with Crippen molar-refractivity contribution in [1.82, 2.24) is 9.78 Å². The second-order valence-electron chi connectivity index (χ2n) is 7.03. The number of nitrogen functional groups attached to an aromatic ring is 1. The zero-order valence-corrected chi connectivity index (χ0v) is 15.8. The minimum Gasteiger partial charge on any atom is -0.397 e. The van der Waals surface area contributed by atoms with Crippen molar-refractivity contribution < 1.29 is 4.79 Å². The van der Waals surface area contributed by atoms with E-state index in [1.807, 2.05) is 52.9 Å². The standard InChI is InChI=1S/C19H29N5O/c1-6-22-15-8-7-14(12(2)18(15)21)17(19(3,4)11-25)16-9-13(10-20)24(5)23-16/h7-9,11,17,22H,6,10,20-21H2,1-5H3. The minimum atomic E-state index is -0.628. The lowest BCUT2D eigenvalue weighted by Crippen LogP contribution is -2.26. The molecule has 0 saturated carbocycles. The molecule has 5 N–H and O–H groups in total. The number of carbonyl (C=O) groups excluding carboxylic acids is 1. The zero-order valence-electron chi connectivity index (χ0n) is 15.8. The van der Waals surface area contributed by atoms with Crippen molar-refractivity contribution in [3.8, 4) is 0 Å². The van der Waals surface area contributed by atoms with Crippen molar-refractivity contribution in [2.75, 3.05) is 17.6 Å². The van der Waals surface area contributed by atoms with E-state index in [-0.39, 0.29) is 5.92 Å². The maximum Gasteiger partial charge on any atom is 0.126 e. The van der Waals surface area contributed by atoms with Gasteiger partial charge in [-0.05, 0) is 37.1 Å². The number of aldehydes is 1. The van der Waals surface area contributed by atoms with Crippen LogP contribution < -0.4 is 16.8 Å². The van der Waals surface area contributed by atoms with Crippen molar-refractivity contribution >= 4 is 17.7 Å². The summed E-state index contributed by atoms with van der Waals surface area (Å²) in [7, 11) is 1.87. The molecule has 0 aliphatic heterocycles. The number of nitrogens with two attached hydrogens (primary N) is 2. The molecule has 6 heteroatoms. The van der Waals surface area contributed by atoms with Crippen LogP contribution in [0.4, 0.5) is 11.4 Å². The highest BCUT2D eigenvalue weighted by atomic mass is 16.1. The largest absolute Gasteiger partial charge is 0.397 e. The molecule has 1 atom stereocenters. The van der Waals surface area contributed by atoms with Gasteiger partial charge in [0, 0.05) is 31.5 Å². The summed E-state index contributed by atoms with van der Waals surface area (Å²) in [4.78, 5) is 11.8. The van der Waals surface area contributed by atoms with Gasteiger partial charge >= 0.3 is 0 Å². The Hall–Kier alpha value is -2.34. The third kappa shape index (κ3) is 3.54. The number of hydrogen-bond donors (Lipinski definition) is 3. The average molecular weight is 343 g/mol. The van der Waals surface area contributed by atoms with Gasteiger partial charge in [0.15, 0.2) is 0 Å². The first-order valence-electron chi connectivity index (χ1n) is 8.58. The molecule has 0 aliphatic carbocycles. The van der Waals surface area contributed by atoms with Gasteiger partial charge in [0.1, 0.15) is 6.29 Å². The van der Waals surface area contributed by atoms with Crippen LogP contribution in [0.5, 0.6) is 0 Å². The molecule has 1 heterocycles. The lowest BCUT2D eigenvalue weighted by Gasteiger charge is -2.30. The van der Waals surface area contributed by atoms with Gasteiger partial charge in [-0.2, -0.15) is 5.10 Å². The molecule has 6 nitrogen and oxygen atoms in total. The van der Waals surface area contributed by atoms with E-state index in [9.17, 15) is 4.79 Å². The van der Waals surface area contributed by atoms with Crippen LogP contribution in [0.25, 0.3) is 0 Å². The van der Waals surface area contributed by atoms with Crippen LogP contribution in [0.3, 0.4) is 0 Å². The molecule has 1 aromatic heterocycles. The predicted molar refractivity (Wildman–Crippen MR) is 103 cm³/mol. The Bertz CT molecular complexity index is 763. The highest BCUT2D eigenvalue weighted by Gasteiger charge is 2.35. The van der Waals surface area contributed by atoms with Gasteiger partial charge in [0.25, 0.3) is 0 Å². The summed E-state index contributed by atoms with van der Waals surface area (Å²) in [6, 6.07) is 5.99. The van der Waals surface area contributed by atoms with Gasteiger partial charge in [0.2, 0.25) is 0 Å². The third-order valence-corrected chi connectivity index (χ3v) is 4.78. The van der Waals surface area contributed by atoms with E-state index < -0.39 is 5.41 Å². The third-order valence-electron chi connectivity index (χ3n) is 4.78. The van der Waals surface area contributed by atoms with Crippen LogP contribution in [0.2, 0.25) is 0 Å². The lowest BCUT2D eigenvalue weighted by atomic mass is 9.72. The van der Waals surface area contributed by atoms with Gasteiger partial charge in [-0.1, -0.05) is 19.9 Å². The molecule has 0 radical (unpaired) electrons. The van der Waals surface area contributed by atoms with Crippen molar-refractivity contribution in [1.29, 1.82) is 0 Å². The normalized spacial score (nSPS) is 12.9. The van der Waals surface area contributed by atoms with Crippen LogP contribution in [-0.4, -0.2) is 22.6 Å². The van der Waals surface area contributed by atoms with Gasteiger partial charge in [-0.25, -0.2) is 0 Å². The number of rotatable bonds is 7. The molecule has 2 aromatic rings. The summed E-state index contributed by atoms with van der Waals surface area (Å²) in [5.41, 5.74) is 16.9. The number of benzene rings is 1. The number of carbonyl (C=O) groups is 1. The second kappa shape index (κ2) is 7.27. The van der Waals surface area contributed by atoms with Crippen LogP contribution >= 0.6 is 0 Å². The summed E-state index contributed by atoms with van der Waals surface area (Å²) in [5.74, 6) is -0.200. The molecule has 25 heavy (non-hydrogen) atoms. The van der Waals surface area contributed by atoms with Crippen LogP contribution in [0, 0.1) is 12.3 Å². The van der Waals surface area contributed by atoms with E-state index >= 15 is 0 Å². The molecule has 0 saturated heterocycles. The molecule has 0 aliphatic rings. The summed E-state index contributed by atoms with van der Waals surface area (Å²) in [5, 5.41) is 7.89. The van der Waals surface area contributed by atoms with Crippen LogP contribution in [0.15, 0.2) is 18.2 Å². The Kier molecular flexibility index (Phi) is 5.52. The number of nitrogens with zero attached hydrogens (tertiary/aromatic N) is 2. The predicted octanol–water partition coefficient (Wildman–Crippen LogP) is 2.56. The molecule has 0 spiro atoms. The Morgan fingerprint density at radius 2 is 2.08 bits per heavy atom. The molecule has 0 amide bonds. The molecule has 2 rings (SSSR count). The van der Waals surface area contributed by atoms with Gasteiger partial charge in [0.05, 0.1) is 22.8 Å². The highest BCUT2D eigenvalue weighted by Crippen LogP contribution is 2.42. The Morgan fingerprint density at radius 1 is 1.40 bits per heavy atom. The van der Waals surface area contributed by atoms with Crippen LogP contribution in [0.1, 0.15) is 49.2 Å². The Labute approximate surface area is 149 Å². The number of aromatic nitrogens is 2. The van der Waals surface area contributed by atoms with E-state index in [0.717, 1.165) is 41.0 Å². The summed E-state index contributed by atoms with van der Waals surface area (Å²) in [6.45, 7) is 9.07. The average Bonchev–Trinajstić information content (AvgIpc) is 2.94. The Balaban J connectivity index is 2.65. The van der Waals surface area contributed by atoms with Gasteiger partial charge < -0.3 is 21.6 Å². The zero-order chi connectivity index (χ0) is 18.8. The van der Waals surface area contributed by atoms with Crippen molar-refractivity contribution in [3.05, 3.63) is 40.7 Å². The van der Waals surface area contributed by atoms with E-state index in [4.69, 9.17) is 11.5 Å². The number of nitrogens with one attached hydrogen (secondary N) is 1. The summed E-state index contributed by atoms with van der Waals surface area (Å²) >= 11 is 0. The van der Waals surface area contributed by atoms with E-state index in [1.165, 1.54) is 0 Å². The fraction of sp³-hybridized carbons (Fsp3) is 0.474. The topological polar surface area (TPSA) is 99.0 Å². The number of anilines is 2. The second-order valence-corrected chi connectivity index (χ2v) is 7.03. The van der Waals surface area contributed by atoms with Crippen molar-refractivity contribution in [2.45, 2.75) is 40.2 Å². The molecule has 0 bridgehead atoms. The first kappa shape index (κ1) is 19.0. The van der Waals surface area contributed by atoms with Gasteiger partial charge in [-0.3, -0.25) is 4.68 Å². The first-order chi connectivity index (χ1) is 11.8. The van der Waals surface area contributed by atoms with E-state index in [0.29, 0.717) is 12.2 Å². The lowest BCUT2D eigenvalue weighted by molar-refractivity contribution is -0.115. The van der Waals surface area contributed by atoms with Crippen molar-refractivity contribution in [2.24, 2.45) is 18.2 Å². The monoisotopic (exact) mass is 343 g/mol. The fourth-order valence-electron chi connectivity index (χ4n) is 3.27. The number of hydrogen-bond acceptors (Lipinski definition) is 5. The highest BCUT2D eigenvalue weighted by molar-refractivity contribution is 5.73. The van der Waals surface area contributed by atoms with E-state index in [1.54, 1.807) is 4.68 Å². The molecule has 136 valence electrons. The molecular formula is C19H29N5O. The molecular weight excluding hydrogens is 314 g/mol. The number of aryl methyl sites for hydroxylation is 1. The smallest absolute Gasteiger partial charge is 0.126 e. The molecule has 1 unspecified atom stereocenters. The SMILES string of the molecule is CCNc1ccc(C(c2cc(CN)n(C)n2)C(C)(C)C=O)c(C)c1N. The quantitative estimate of drug-likeness (QED) is 0.530. The van der Waals surface area contributed by atoms with Crippen LogP contribution in [-0.2, 0) is 18.4 Å². The summed E-state index contributed by atoms with van der Waals surface area (Å²) in [6.07, 6.45) is 0.988. The van der Waals surface area contributed by atoms with Gasteiger partial charge in [-0.15, -0.1) is 0 Å². The maximum atomic E-state index is 11.8. The fourth-order valence-corrected chi connectivity index (χ4v) is 3.27. The maximum absolute atomic E-state index is 11.8. The Morgan fingerprint density at radius 3 is 2.60 bits per heavy atom. The van der Waals surface area contributed by atoms with E-state index in [2.05, 4.69) is 10.4 Å². The summed E-state index contributed by atoms with van der Waals surface area (Å²) < 4.78 is 1.77. The molecule has 1 aromatic carbocycles. The van der Waals surface area contributed by atoms with Crippen molar-refractivity contribution in [3.63, 3.8) is 0 Å². The minimum absolute atomic E-state index is 0.200.